The molecule has 0 spiro atoms. The van der Waals surface area contributed by atoms with Crippen molar-refractivity contribution in [2.24, 2.45) is 5.92 Å². The molecule has 0 atom stereocenters. The number of ether oxygens (including phenoxy) is 1. The molecule has 0 aromatic heterocycles. The van der Waals surface area contributed by atoms with Crippen molar-refractivity contribution in [2.45, 2.75) is 6.18 Å². The molecule has 5 nitrogen and oxygen atoms in total. The van der Waals surface area contributed by atoms with Crippen LogP contribution in [-0.4, -0.2) is 49.7 Å². The van der Waals surface area contributed by atoms with Gasteiger partial charge in [-0.25, -0.2) is 4.79 Å². The molecule has 1 fully saturated rings. The Balaban J connectivity index is 1.80. The van der Waals surface area contributed by atoms with Gasteiger partial charge in [0.15, 0.2) is 0 Å². The third-order valence-electron chi connectivity index (χ3n) is 3.38. The lowest BCUT2D eigenvalue weighted by Crippen LogP contribution is -2.55. The van der Waals surface area contributed by atoms with E-state index < -0.39 is 24.0 Å². The van der Waals surface area contributed by atoms with Gasteiger partial charge in [0.2, 0.25) is 5.91 Å². The Labute approximate surface area is 125 Å². The largest absolute Gasteiger partial charge is 0.465 e. The summed E-state index contributed by atoms with van der Waals surface area (Å²) in [6.07, 6.45) is -4.20. The quantitative estimate of drug-likeness (QED) is 0.862. The van der Waals surface area contributed by atoms with E-state index in [-0.39, 0.29) is 19.6 Å². The summed E-state index contributed by atoms with van der Waals surface area (Å²) in [5.41, 5.74) is 0.807. The molecule has 8 heteroatoms. The van der Waals surface area contributed by atoms with Crippen LogP contribution < -0.4 is 5.32 Å². The van der Waals surface area contributed by atoms with E-state index in [1.807, 2.05) is 0 Å². The molecule has 1 N–H and O–H groups in total. The van der Waals surface area contributed by atoms with Crippen LogP contribution in [0.4, 0.5) is 18.9 Å². The van der Waals surface area contributed by atoms with Gasteiger partial charge in [-0.1, -0.05) is 0 Å². The number of amides is 1. The lowest BCUT2D eigenvalue weighted by Gasteiger charge is -2.39. The molecule has 2 rings (SSSR count). The molecular formula is C14H15F3N2O3. The van der Waals surface area contributed by atoms with E-state index in [0.29, 0.717) is 11.3 Å². The number of benzene rings is 1. The summed E-state index contributed by atoms with van der Waals surface area (Å²) in [6, 6.07) is 6.03. The highest BCUT2D eigenvalue weighted by Gasteiger charge is 2.47. The molecule has 0 unspecified atom stereocenters. The number of anilines is 1. The Hall–Kier alpha value is -2.09. The van der Waals surface area contributed by atoms with Gasteiger partial charge in [0.05, 0.1) is 25.1 Å². The number of nitrogens with zero attached hydrogens (tertiary/aromatic N) is 1. The molecule has 120 valence electrons. The lowest BCUT2D eigenvalue weighted by atomic mass is 10.00. The standard InChI is InChI=1S/C14H15F3N2O3/c1-22-13(21)9-2-4-11(5-3-9)18-12(20)8-19-6-10(7-19)14(15,16)17/h2-5,10H,6-8H2,1H3,(H,18,20). The number of nitrogens with one attached hydrogen (secondary N) is 1. The number of likely N-dealkylation sites (tertiary alicyclic amines) is 1. The summed E-state index contributed by atoms with van der Waals surface area (Å²) in [7, 11) is 1.26. The number of carbonyl (C=O) groups excluding carboxylic acids is 2. The van der Waals surface area contributed by atoms with Crippen LogP contribution in [0.1, 0.15) is 10.4 Å². The molecular weight excluding hydrogens is 301 g/mol. The fourth-order valence-electron chi connectivity index (χ4n) is 2.12. The van der Waals surface area contributed by atoms with Crippen molar-refractivity contribution in [1.82, 2.24) is 4.90 Å². The van der Waals surface area contributed by atoms with Crippen LogP contribution in [0, 0.1) is 5.92 Å². The molecule has 1 aliphatic heterocycles. The molecule has 1 heterocycles. The lowest BCUT2D eigenvalue weighted by molar-refractivity contribution is -0.208. The van der Waals surface area contributed by atoms with Crippen molar-refractivity contribution in [3.8, 4) is 0 Å². The molecule has 22 heavy (non-hydrogen) atoms. The molecule has 0 aliphatic carbocycles. The van der Waals surface area contributed by atoms with Crippen LogP contribution in [0.25, 0.3) is 0 Å². The first-order chi connectivity index (χ1) is 10.3. The molecule has 1 aromatic rings. The fraction of sp³-hybridized carbons (Fsp3) is 0.429. The minimum atomic E-state index is -4.20. The van der Waals surface area contributed by atoms with Gasteiger partial charge < -0.3 is 10.1 Å². The Morgan fingerprint density at radius 2 is 1.86 bits per heavy atom. The Morgan fingerprint density at radius 3 is 2.36 bits per heavy atom. The third kappa shape index (κ3) is 3.97. The van der Waals surface area contributed by atoms with E-state index in [1.54, 1.807) is 0 Å². The van der Waals surface area contributed by atoms with Gasteiger partial charge in [0.25, 0.3) is 0 Å². The van der Waals surface area contributed by atoms with Crippen LogP contribution in [-0.2, 0) is 9.53 Å². The highest BCUT2D eigenvalue weighted by molar-refractivity contribution is 5.94. The predicted molar refractivity (Wildman–Crippen MR) is 72.4 cm³/mol. The van der Waals surface area contributed by atoms with Crippen LogP contribution in [0.3, 0.4) is 0 Å². The average molecular weight is 316 g/mol. The number of hydrogen-bond donors (Lipinski definition) is 1. The third-order valence-corrected chi connectivity index (χ3v) is 3.38. The zero-order valence-electron chi connectivity index (χ0n) is 11.8. The van der Waals surface area contributed by atoms with Gasteiger partial charge in [-0.3, -0.25) is 9.69 Å². The smallest absolute Gasteiger partial charge is 0.394 e. The molecule has 1 amide bonds. The second-order valence-electron chi connectivity index (χ2n) is 5.05. The number of hydrogen-bond acceptors (Lipinski definition) is 4. The van der Waals surface area contributed by atoms with Gasteiger partial charge >= 0.3 is 12.1 Å². The maximum Gasteiger partial charge on any atom is 0.394 e. The maximum atomic E-state index is 12.3. The van der Waals surface area contributed by atoms with Crippen LogP contribution in [0.15, 0.2) is 24.3 Å². The molecule has 0 bridgehead atoms. The first-order valence-corrected chi connectivity index (χ1v) is 6.57. The highest BCUT2D eigenvalue weighted by atomic mass is 19.4. The van der Waals surface area contributed by atoms with E-state index in [0.717, 1.165) is 0 Å². The molecule has 1 aromatic carbocycles. The summed E-state index contributed by atoms with van der Waals surface area (Å²) < 4.78 is 41.5. The van der Waals surface area contributed by atoms with Crippen LogP contribution in [0.5, 0.6) is 0 Å². The summed E-state index contributed by atoms with van der Waals surface area (Å²) >= 11 is 0. The summed E-state index contributed by atoms with van der Waals surface area (Å²) in [5.74, 6) is -2.23. The second kappa shape index (κ2) is 6.35. The number of rotatable bonds is 4. The Kier molecular flexibility index (Phi) is 4.70. The predicted octanol–water partition coefficient (Wildman–Crippen LogP) is 1.91. The van der Waals surface area contributed by atoms with Crippen LogP contribution in [0.2, 0.25) is 0 Å². The van der Waals surface area contributed by atoms with Crippen molar-refractivity contribution < 1.29 is 27.5 Å². The zero-order valence-corrected chi connectivity index (χ0v) is 11.8. The number of esters is 1. The topological polar surface area (TPSA) is 58.6 Å². The molecule has 0 radical (unpaired) electrons. The Bertz CT molecular complexity index is 551. The first kappa shape index (κ1) is 16.3. The van der Waals surface area contributed by atoms with E-state index in [9.17, 15) is 22.8 Å². The number of halogens is 3. The number of carbonyl (C=O) groups is 2. The van der Waals surface area contributed by atoms with E-state index in [2.05, 4.69) is 10.1 Å². The van der Waals surface area contributed by atoms with Gasteiger partial charge in [0, 0.05) is 18.8 Å². The summed E-state index contributed by atoms with van der Waals surface area (Å²) in [5, 5.41) is 2.56. The fourth-order valence-corrected chi connectivity index (χ4v) is 2.12. The molecule has 1 saturated heterocycles. The van der Waals surface area contributed by atoms with E-state index >= 15 is 0 Å². The van der Waals surface area contributed by atoms with Crippen molar-refractivity contribution >= 4 is 17.6 Å². The highest BCUT2D eigenvalue weighted by Crippen LogP contribution is 2.33. The van der Waals surface area contributed by atoms with Crippen molar-refractivity contribution in [3.63, 3.8) is 0 Å². The van der Waals surface area contributed by atoms with Gasteiger partial charge in [0.1, 0.15) is 0 Å². The van der Waals surface area contributed by atoms with Gasteiger partial charge in [-0.05, 0) is 24.3 Å². The minimum Gasteiger partial charge on any atom is -0.465 e. The molecule has 1 aliphatic rings. The van der Waals surface area contributed by atoms with E-state index in [4.69, 9.17) is 0 Å². The van der Waals surface area contributed by atoms with Crippen molar-refractivity contribution in [3.05, 3.63) is 29.8 Å². The van der Waals surface area contributed by atoms with Crippen molar-refractivity contribution in [1.29, 1.82) is 0 Å². The Morgan fingerprint density at radius 1 is 1.27 bits per heavy atom. The number of methoxy groups -OCH3 is 1. The summed E-state index contributed by atoms with van der Waals surface area (Å²) in [6.45, 7) is -0.401. The number of alkyl halides is 3. The minimum absolute atomic E-state index is 0.0919. The van der Waals surface area contributed by atoms with E-state index in [1.165, 1.54) is 36.3 Å². The monoisotopic (exact) mass is 316 g/mol. The zero-order chi connectivity index (χ0) is 16.3. The maximum absolute atomic E-state index is 12.3. The van der Waals surface area contributed by atoms with Crippen molar-refractivity contribution in [2.75, 3.05) is 32.1 Å². The summed E-state index contributed by atoms with van der Waals surface area (Å²) in [4.78, 5) is 24.4. The average Bonchev–Trinajstić information content (AvgIpc) is 2.41. The van der Waals surface area contributed by atoms with Gasteiger partial charge in [-0.2, -0.15) is 13.2 Å². The second-order valence-corrected chi connectivity index (χ2v) is 5.05. The first-order valence-electron chi connectivity index (χ1n) is 6.57. The van der Waals surface area contributed by atoms with Crippen LogP contribution >= 0.6 is 0 Å². The SMILES string of the molecule is COC(=O)c1ccc(NC(=O)CN2CC(C(F)(F)F)C2)cc1. The normalized spacial score (nSPS) is 16.0. The van der Waals surface area contributed by atoms with Gasteiger partial charge in [-0.15, -0.1) is 0 Å². The molecule has 0 saturated carbocycles.